The molecule has 2 heterocycles. The van der Waals surface area contributed by atoms with Crippen LogP contribution in [-0.2, 0) is 10.3 Å². The minimum Gasteiger partial charge on any atom is -0.384 e. The Morgan fingerprint density at radius 3 is 2.85 bits per heavy atom. The monoisotopic (exact) mass is 289 g/mol. The maximum atomic E-state index is 8.79. The summed E-state index contributed by atoms with van der Waals surface area (Å²) in [6, 6.07) is 1.67. The number of pyridine rings is 2. The molecule has 0 aliphatic heterocycles. The Morgan fingerprint density at radius 2 is 2.20 bits per heavy atom. The maximum Gasteiger partial charge on any atom is 0.129 e. The van der Waals surface area contributed by atoms with Gasteiger partial charge in [-0.05, 0) is 29.5 Å². The molecule has 0 aliphatic carbocycles. The molecule has 2 aromatic heterocycles. The number of hydrogen-bond donors (Lipinski definition) is 0. The SMILES string of the molecule is [CH]c1ncc([C@@](C)(COC)N=[N+]=[N-])c2cc(Cl)ncc12. The Morgan fingerprint density at radius 1 is 1.45 bits per heavy atom. The smallest absolute Gasteiger partial charge is 0.129 e. The largest absolute Gasteiger partial charge is 0.384 e. The van der Waals surface area contributed by atoms with E-state index in [-0.39, 0.29) is 6.61 Å². The number of hydrogen-bond acceptors (Lipinski definition) is 4. The van der Waals surface area contributed by atoms with Crippen LogP contribution in [0.1, 0.15) is 18.2 Å². The number of halogens is 1. The second-order valence-corrected chi connectivity index (χ2v) is 4.89. The second kappa shape index (κ2) is 5.63. The fourth-order valence-corrected chi connectivity index (χ4v) is 2.26. The summed E-state index contributed by atoms with van der Waals surface area (Å²) < 4.78 is 5.15. The van der Waals surface area contributed by atoms with Gasteiger partial charge in [-0.2, -0.15) is 0 Å². The van der Waals surface area contributed by atoms with Gasteiger partial charge in [0.05, 0.1) is 17.8 Å². The molecule has 2 rings (SSSR count). The predicted molar refractivity (Wildman–Crippen MR) is 76.3 cm³/mol. The van der Waals surface area contributed by atoms with Gasteiger partial charge >= 0.3 is 0 Å². The lowest BCUT2D eigenvalue weighted by Crippen LogP contribution is -2.25. The van der Waals surface area contributed by atoms with E-state index >= 15 is 0 Å². The van der Waals surface area contributed by atoms with Crippen molar-refractivity contribution in [3.8, 4) is 0 Å². The van der Waals surface area contributed by atoms with Crippen LogP contribution in [0.4, 0.5) is 0 Å². The van der Waals surface area contributed by atoms with Gasteiger partial charge in [0.2, 0.25) is 0 Å². The van der Waals surface area contributed by atoms with Crippen LogP contribution < -0.4 is 0 Å². The quantitative estimate of drug-likeness (QED) is 0.373. The van der Waals surface area contributed by atoms with Gasteiger partial charge < -0.3 is 4.74 Å². The molecule has 20 heavy (non-hydrogen) atoms. The Labute approximate surface area is 121 Å². The number of nitrogens with zero attached hydrogens (tertiary/aromatic N) is 5. The van der Waals surface area contributed by atoms with Gasteiger partial charge in [0.25, 0.3) is 0 Å². The van der Waals surface area contributed by atoms with Crippen LogP contribution in [0.5, 0.6) is 0 Å². The van der Waals surface area contributed by atoms with Crippen molar-refractivity contribution >= 4 is 22.4 Å². The van der Waals surface area contributed by atoms with Gasteiger partial charge in [0.15, 0.2) is 0 Å². The molecular formula is C13H12ClN5O. The number of methoxy groups -OCH3 is 1. The number of azide groups is 1. The second-order valence-electron chi connectivity index (χ2n) is 4.51. The first-order valence-electron chi connectivity index (χ1n) is 5.77. The summed E-state index contributed by atoms with van der Waals surface area (Å²) >= 11 is 5.94. The van der Waals surface area contributed by atoms with Crippen LogP contribution in [-0.4, -0.2) is 23.7 Å². The molecule has 6 nitrogen and oxygen atoms in total. The van der Waals surface area contributed by atoms with Crippen molar-refractivity contribution in [2.24, 2.45) is 5.11 Å². The third-order valence-corrected chi connectivity index (χ3v) is 3.25. The topological polar surface area (TPSA) is 83.8 Å². The molecule has 1 atom stereocenters. The van der Waals surface area contributed by atoms with Crippen molar-refractivity contribution in [2.45, 2.75) is 12.5 Å². The van der Waals surface area contributed by atoms with Crippen LogP contribution in [0.15, 0.2) is 23.6 Å². The summed E-state index contributed by atoms with van der Waals surface area (Å²) in [4.78, 5) is 11.0. The third-order valence-electron chi connectivity index (χ3n) is 3.04. The zero-order valence-electron chi connectivity index (χ0n) is 11.0. The zero-order chi connectivity index (χ0) is 14.8. The van der Waals surface area contributed by atoms with Crippen molar-refractivity contribution in [1.82, 2.24) is 9.97 Å². The van der Waals surface area contributed by atoms with Crippen molar-refractivity contribution in [3.05, 3.63) is 52.2 Å². The lowest BCUT2D eigenvalue weighted by molar-refractivity contribution is 0.141. The fourth-order valence-electron chi connectivity index (χ4n) is 2.10. The molecule has 2 aromatic rings. The normalized spacial score (nSPS) is 13.8. The van der Waals surface area contributed by atoms with E-state index in [1.54, 1.807) is 25.4 Å². The van der Waals surface area contributed by atoms with Crippen LogP contribution >= 0.6 is 11.6 Å². The first-order chi connectivity index (χ1) is 9.51. The Balaban J connectivity index is 2.79. The molecule has 0 saturated heterocycles. The van der Waals surface area contributed by atoms with Crippen molar-refractivity contribution in [3.63, 3.8) is 0 Å². The molecule has 0 N–H and O–H groups in total. The van der Waals surface area contributed by atoms with Gasteiger partial charge in [-0.25, -0.2) is 4.98 Å². The molecule has 0 spiro atoms. The van der Waals surface area contributed by atoms with Gasteiger partial charge in [-0.3, -0.25) is 4.98 Å². The van der Waals surface area contributed by atoms with Gasteiger partial charge in [0, 0.05) is 36.7 Å². The molecule has 102 valence electrons. The average Bonchev–Trinajstić information content (AvgIpc) is 2.39. The molecule has 0 fully saturated rings. The van der Waals surface area contributed by atoms with Crippen molar-refractivity contribution in [1.29, 1.82) is 0 Å². The molecule has 0 saturated carbocycles. The summed E-state index contributed by atoms with van der Waals surface area (Å²) in [6.45, 7) is 7.80. The Bertz CT molecular complexity index is 698. The highest BCUT2D eigenvalue weighted by Gasteiger charge is 2.28. The first-order valence-corrected chi connectivity index (χ1v) is 6.15. The fraction of sp³-hybridized carbons (Fsp3) is 0.308. The summed E-state index contributed by atoms with van der Waals surface area (Å²) in [5.74, 6) is 0. The van der Waals surface area contributed by atoms with Crippen molar-refractivity contribution < 1.29 is 4.74 Å². The number of aromatic nitrogens is 2. The Kier molecular flexibility index (Phi) is 4.09. The van der Waals surface area contributed by atoms with E-state index in [1.807, 2.05) is 0 Å². The van der Waals surface area contributed by atoms with Gasteiger partial charge in [-0.1, -0.05) is 16.7 Å². The predicted octanol–water partition coefficient (Wildman–Crippen LogP) is 3.51. The van der Waals surface area contributed by atoms with E-state index in [1.165, 1.54) is 7.11 Å². The lowest BCUT2D eigenvalue weighted by Gasteiger charge is -2.25. The highest BCUT2D eigenvalue weighted by atomic mass is 35.5. The highest BCUT2D eigenvalue weighted by Crippen LogP contribution is 2.33. The van der Waals surface area contributed by atoms with E-state index in [9.17, 15) is 0 Å². The van der Waals surface area contributed by atoms with E-state index in [4.69, 9.17) is 28.8 Å². The number of fused-ring (bicyclic) bond motifs is 1. The molecule has 2 radical (unpaired) electrons. The van der Waals surface area contributed by atoms with E-state index in [2.05, 4.69) is 20.0 Å². The van der Waals surface area contributed by atoms with Gasteiger partial charge in [-0.15, -0.1) is 0 Å². The van der Waals surface area contributed by atoms with Crippen LogP contribution in [0.25, 0.3) is 21.2 Å². The number of ether oxygens (including phenoxy) is 1. The van der Waals surface area contributed by atoms with Crippen molar-refractivity contribution in [2.75, 3.05) is 13.7 Å². The first kappa shape index (κ1) is 14.5. The van der Waals surface area contributed by atoms with E-state index in [0.29, 0.717) is 21.8 Å². The minimum atomic E-state index is -0.910. The molecule has 0 aliphatic rings. The molecule has 0 amide bonds. The lowest BCUT2D eigenvalue weighted by atomic mass is 9.91. The molecule has 0 bridgehead atoms. The average molecular weight is 290 g/mol. The van der Waals surface area contributed by atoms with Crippen LogP contribution in [0, 0.1) is 6.92 Å². The standard InChI is InChI=1S/C13H12ClN5O/c1-8-10-5-17-12(14)4-9(10)11(6-16-8)13(2,7-20-3)18-19-15/h1,4-6H,7H2,2-3H3/t13-/m1/s1. The molecule has 7 heteroatoms. The molecule has 0 unspecified atom stereocenters. The van der Waals surface area contributed by atoms with Crippen LogP contribution in [0.2, 0.25) is 5.15 Å². The third kappa shape index (κ3) is 2.54. The highest BCUT2D eigenvalue weighted by molar-refractivity contribution is 6.30. The van der Waals surface area contributed by atoms with E-state index < -0.39 is 5.54 Å². The Hall–Kier alpha value is -1.88. The van der Waals surface area contributed by atoms with Crippen LogP contribution in [0.3, 0.4) is 0 Å². The molecular weight excluding hydrogens is 278 g/mol. The van der Waals surface area contributed by atoms with Gasteiger partial charge in [0.1, 0.15) is 5.15 Å². The molecule has 0 aromatic carbocycles. The summed E-state index contributed by atoms with van der Waals surface area (Å²) in [5, 5.41) is 5.56. The van der Waals surface area contributed by atoms with E-state index in [0.717, 1.165) is 5.39 Å². The number of rotatable bonds is 4. The zero-order valence-corrected chi connectivity index (χ0v) is 11.8. The summed E-state index contributed by atoms with van der Waals surface area (Å²) in [5.41, 5.74) is 8.91. The minimum absolute atomic E-state index is 0.206. The summed E-state index contributed by atoms with van der Waals surface area (Å²) in [6.07, 6.45) is 3.12. The summed E-state index contributed by atoms with van der Waals surface area (Å²) in [7, 11) is 1.53. The maximum absolute atomic E-state index is 8.79.